The van der Waals surface area contributed by atoms with Crippen LogP contribution in [0.3, 0.4) is 0 Å². The molecule has 1 aromatic rings. The lowest BCUT2D eigenvalue weighted by Crippen LogP contribution is -2.47. The molecule has 0 aliphatic heterocycles. The average Bonchev–Trinajstić information content (AvgIpc) is 2.54. The van der Waals surface area contributed by atoms with Crippen molar-refractivity contribution in [1.29, 1.82) is 0 Å². The van der Waals surface area contributed by atoms with Gasteiger partial charge in [-0.2, -0.15) is 48.3 Å². The monoisotopic (exact) mass is 476 g/mol. The van der Waals surface area contributed by atoms with Crippen molar-refractivity contribution in [2.45, 2.75) is 24.5 Å². The normalized spacial score (nSPS) is 14.7. The van der Waals surface area contributed by atoms with Crippen molar-refractivity contribution in [2.75, 3.05) is 0 Å². The molecule has 1 nitrogen and oxygen atoms in total. The molecule has 0 unspecified atom stereocenters. The van der Waals surface area contributed by atoms with E-state index in [0.29, 0.717) is 0 Å². The lowest BCUT2D eigenvalue weighted by atomic mass is 9.92. The van der Waals surface area contributed by atoms with Gasteiger partial charge in [0, 0.05) is 0 Å². The molecule has 0 aliphatic carbocycles. The maximum absolute atomic E-state index is 13.6. The van der Waals surface area contributed by atoms with Crippen LogP contribution in [-0.2, 0) is 4.79 Å². The van der Waals surface area contributed by atoms with Crippen LogP contribution < -0.4 is 0 Å². The number of benzene rings is 1. The summed E-state index contributed by atoms with van der Waals surface area (Å²) >= 11 is 0. The number of carbonyl (C=O) groups excluding carboxylic acids is 1. The molecule has 0 spiro atoms. The number of rotatable bonds is 3. The van der Waals surface area contributed by atoms with Crippen molar-refractivity contribution >= 4 is 11.4 Å². The zero-order valence-corrected chi connectivity index (χ0v) is 13.0. The van der Waals surface area contributed by atoms with Gasteiger partial charge in [0.2, 0.25) is 11.6 Å². The molecule has 0 aliphatic rings. The summed E-state index contributed by atoms with van der Waals surface area (Å²) in [7, 11) is 0. The molecule has 17 heteroatoms. The van der Waals surface area contributed by atoms with Gasteiger partial charge in [-0.1, -0.05) is 0 Å². The van der Waals surface area contributed by atoms with Crippen LogP contribution in [0.15, 0.2) is 5.57 Å². The molecule has 1 rings (SSSR count). The Bertz CT molecular complexity index is 869. The van der Waals surface area contributed by atoms with Crippen molar-refractivity contribution in [3.8, 4) is 0 Å². The summed E-state index contributed by atoms with van der Waals surface area (Å²) < 4.78 is 207. The third kappa shape index (κ3) is 4.19. The van der Waals surface area contributed by atoms with E-state index >= 15 is 0 Å². The number of Topliss-reactive ketones (excluding diaryl/α,β-unsaturated/α-hetero) is 1. The van der Waals surface area contributed by atoms with Crippen LogP contribution in [0.1, 0.15) is 5.56 Å². The smallest absolute Gasteiger partial charge is 0.287 e. The Kier molecular flexibility index (Phi) is 6.24. The van der Waals surface area contributed by atoms with Crippen molar-refractivity contribution in [1.82, 2.24) is 0 Å². The largest absolute Gasteiger partial charge is 0.461 e. The quantitative estimate of drug-likeness (QED) is 0.226. The highest BCUT2D eigenvalue weighted by Crippen LogP contribution is 2.48. The molecule has 30 heavy (non-hydrogen) atoms. The SMILES string of the molecule is O=C(/C(=C(\c1c(F)c(F)c(F)c(F)c1F)C(F)(F)F)C(F)(F)F)C(F)(F)C(F)(F)F. The van der Waals surface area contributed by atoms with Crippen molar-refractivity contribution in [3.63, 3.8) is 0 Å². The van der Waals surface area contributed by atoms with Crippen LogP contribution in [0.4, 0.5) is 70.2 Å². The minimum atomic E-state index is -7.23. The van der Waals surface area contributed by atoms with Crippen molar-refractivity contribution < 1.29 is 75.0 Å². The minimum absolute atomic E-state index is 3.20. The van der Waals surface area contributed by atoms with E-state index in [-0.39, 0.29) is 0 Å². The first-order valence-corrected chi connectivity index (χ1v) is 6.48. The molecule has 0 radical (unpaired) electrons. The van der Waals surface area contributed by atoms with E-state index in [1.54, 1.807) is 0 Å². The summed E-state index contributed by atoms with van der Waals surface area (Å²) in [6, 6.07) is 0. The molecule has 0 saturated carbocycles. The second-order valence-corrected chi connectivity index (χ2v) is 5.09. The Morgan fingerprint density at radius 2 is 0.867 bits per heavy atom. The number of allylic oxidation sites excluding steroid dienone is 2. The first kappa shape index (κ1) is 25.5. The summed E-state index contributed by atoms with van der Waals surface area (Å²) in [6.07, 6.45) is -21.4. The van der Waals surface area contributed by atoms with Gasteiger partial charge in [0.25, 0.3) is 0 Å². The van der Waals surface area contributed by atoms with E-state index in [1.165, 1.54) is 0 Å². The number of halogens is 16. The molecule has 0 atom stereocenters. The average molecular weight is 476 g/mol. The summed E-state index contributed by atoms with van der Waals surface area (Å²) in [5, 5.41) is 0. The van der Waals surface area contributed by atoms with E-state index in [2.05, 4.69) is 0 Å². The zero-order chi connectivity index (χ0) is 24.2. The fourth-order valence-electron chi connectivity index (χ4n) is 1.90. The summed E-state index contributed by atoms with van der Waals surface area (Å²) in [5.74, 6) is -29.1. The van der Waals surface area contributed by atoms with Crippen molar-refractivity contribution in [3.05, 3.63) is 40.2 Å². The molecule has 0 amide bonds. The second kappa shape index (κ2) is 7.33. The van der Waals surface area contributed by atoms with Crippen LogP contribution in [0, 0.1) is 29.1 Å². The van der Waals surface area contributed by atoms with E-state index < -0.39 is 76.0 Å². The van der Waals surface area contributed by atoms with Crippen LogP contribution in [0.25, 0.3) is 5.57 Å². The van der Waals surface area contributed by atoms with Gasteiger partial charge in [-0.15, -0.1) is 0 Å². The number of hydrogen-bond acceptors (Lipinski definition) is 1. The number of alkyl halides is 11. The van der Waals surface area contributed by atoms with Gasteiger partial charge in [-0.3, -0.25) is 4.79 Å². The van der Waals surface area contributed by atoms with Gasteiger partial charge < -0.3 is 0 Å². The first-order chi connectivity index (χ1) is 13.1. The Morgan fingerprint density at radius 1 is 0.533 bits per heavy atom. The van der Waals surface area contributed by atoms with E-state index in [1.807, 2.05) is 0 Å². The van der Waals surface area contributed by atoms with Crippen LogP contribution in [-0.4, -0.2) is 30.2 Å². The predicted octanol–water partition coefficient (Wildman–Crippen LogP) is 6.03. The van der Waals surface area contributed by atoms with E-state index in [4.69, 9.17) is 0 Å². The van der Waals surface area contributed by atoms with Crippen LogP contribution >= 0.6 is 0 Å². The van der Waals surface area contributed by atoms with Gasteiger partial charge in [0.1, 0.15) is 5.57 Å². The molecule has 0 fully saturated rings. The van der Waals surface area contributed by atoms with Gasteiger partial charge in [0.05, 0.1) is 11.1 Å². The topological polar surface area (TPSA) is 17.1 Å². The zero-order valence-electron chi connectivity index (χ0n) is 13.0. The number of ketones is 1. The van der Waals surface area contributed by atoms with Gasteiger partial charge in [0.15, 0.2) is 23.3 Å². The number of carbonyl (C=O) groups is 1. The second-order valence-electron chi connectivity index (χ2n) is 5.09. The standard InChI is InChI=1S/C13F16O/c14-4-1(5(15)7(17)8(18)6(4)16)2(11(21,22)23)3(12(24,25)26)9(30)10(19,20)13(27,28)29/b3-2-. The highest BCUT2D eigenvalue weighted by molar-refractivity contribution is 6.09. The maximum Gasteiger partial charge on any atom is 0.461 e. The highest BCUT2D eigenvalue weighted by Gasteiger charge is 2.68. The molecular weight excluding hydrogens is 476 g/mol. The van der Waals surface area contributed by atoms with E-state index in [9.17, 15) is 75.0 Å². The van der Waals surface area contributed by atoms with Gasteiger partial charge in [-0.05, 0) is 0 Å². The molecule has 0 heterocycles. The Labute approximate surface area is 152 Å². The van der Waals surface area contributed by atoms with Crippen LogP contribution in [0.2, 0.25) is 0 Å². The Morgan fingerprint density at radius 3 is 1.13 bits per heavy atom. The van der Waals surface area contributed by atoms with Crippen LogP contribution in [0.5, 0.6) is 0 Å². The van der Waals surface area contributed by atoms with Gasteiger partial charge >= 0.3 is 24.5 Å². The summed E-state index contributed by atoms with van der Waals surface area (Å²) in [5.41, 5.74) is -12.4. The fourth-order valence-corrected chi connectivity index (χ4v) is 1.90. The minimum Gasteiger partial charge on any atom is -0.287 e. The van der Waals surface area contributed by atoms with Gasteiger partial charge in [-0.25, -0.2) is 22.0 Å². The molecule has 170 valence electrons. The lowest BCUT2D eigenvalue weighted by molar-refractivity contribution is -0.268. The third-order valence-electron chi connectivity index (χ3n) is 3.15. The highest BCUT2D eigenvalue weighted by atomic mass is 19.4. The Balaban J connectivity index is 4.32. The summed E-state index contributed by atoms with van der Waals surface area (Å²) in [4.78, 5) is 11.1. The predicted molar refractivity (Wildman–Crippen MR) is 61.3 cm³/mol. The molecular formula is C13F16O. The van der Waals surface area contributed by atoms with E-state index in [0.717, 1.165) is 0 Å². The molecule has 0 bridgehead atoms. The lowest BCUT2D eigenvalue weighted by Gasteiger charge is -2.24. The third-order valence-corrected chi connectivity index (χ3v) is 3.15. The van der Waals surface area contributed by atoms with Crippen molar-refractivity contribution in [2.24, 2.45) is 0 Å². The number of hydrogen-bond donors (Lipinski definition) is 0. The maximum atomic E-state index is 13.6. The molecule has 1 aromatic carbocycles. The molecule has 0 aromatic heterocycles. The summed E-state index contributed by atoms with van der Waals surface area (Å²) in [6.45, 7) is 0. The molecule has 0 N–H and O–H groups in total. The Hall–Kier alpha value is -2.49. The fraction of sp³-hybridized carbons (Fsp3) is 0.308. The molecule has 0 saturated heterocycles. The first-order valence-electron chi connectivity index (χ1n) is 6.48.